The van der Waals surface area contributed by atoms with E-state index in [9.17, 15) is 14.4 Å². The van der Waals surface area contributed by atoms with Crippen molar-refractivity contribution in [2.75, 3.05) is 34.5 Å². The molecule has 10 nitrogen and oxygen atoms in total. The van der Waals surface area contributed by atoms with Gasteiger partial charge in [0.2, 0.25) is 5.91 Å². The van der Waals surface area contributed by atoms with Crippen molar-refractivity contribution in [1.29, 1.82) is 0 Å². The average Bonchev–Trinajstić information content (AvgIpc) is 2.99. The van der Waals surface area contributed by atoms with Crippen molar-refractivity contribution < 1.29 is 33.1 Å². The van der Waals surface area contributed by atoms with E-state index < -0.39 is 29.9 Å². The van der Waals surface area contributed by atoms with Gasteiger partial charge in [0.05, 0.1) is 20.3 Å². The number of ether oxygens (including phenoxy) is 3. The number of hydrogen-bond donors (Lipinski definition) is 2. The van der Waals surface area contributed by atoms with Crippen LogP contribution < -0.4 is 10.6 Å². The zero-order chi connectivity index (χ0) is 18.1. The van der Waals surface area contributed by atoms with E-state index in [1.807, 2.05) is 0 Å². The summed E-state index contributed by atoms with van der Waals surface area (Å²) >= 11 is 0. The number of nitrogens with one attached hydrogen (secondary N) is 2. The maximum Gasteiger partial charge on any atom is 0.330 e. The maximum absolute atomic E-state index is 12.3. The second kappa shape index (κ2) is 9.63. The number of carbonyl (C=O) groups excluding carboxylic acids is 3. The first kappa shape index (κ1) is 19.6. The topological polar surface area (TPSA) is 129 Å². The highest BCUT2D eigenvalue weighted by Crippen LogP contribution is 2.02. The molecular weight excluding hydrogens is 322 g/mol. The molecule has 24 heavy (non-hydrogen) atoms. The molecule has 1 rings (SSSR count). The summed E-state index contributed by atoms with van der Waals surface area (Å²) in [7, 11) is 3.95. The molecule has 0 aromatic carbocycles. The number of esters is 1. The molecule has 0 saturated heterocycles. The van der Waals surface area contributed by atoms with Crippen molar-refractivity contribution in [2.24, 2.45) is 0 Å². The van der Waals surface area contributed by atoms with Crippen LogP contribution >= 0.6 is 0 Å². The minimum absolute atomic E-state index is 0.0304. The summed E-state index contributed by atoms with van der Waals surface area (Å²) in [4.78, 5) is 36.0. The monoisotopic (exact) mass is 343 g/mol. The van der Waals surface area contributed by atoms with Crippen molar-refractivity contribution >= 4 is 17.8 Å². The van der Waals surface area contributed by atoms with Crippen LogP contribution in [0.4, 0.5) is 0 Å². The lowest BCUT2D eigenvalue weighted by Crippen LogP contribution is -2.54. The molecule has 0 fully saturated rings. The number of methoxy groups -OCH3 is 3. The van der Waals surface area contributed by atoms with Gasteiger partial charge in [-0.2, -0.15) is 0 Å². The quantitative estimate of drug-likeness (QED) is 0.548. The molecule has 0 unspecified atom stereocenters. The Morgan fingerprint density at radius 2 is 1.75 bits per heavy atom. The van der Waals surface area contributed by atoms with Gasteiger partial charge in [0.1, 0.15) is 11.8 Å². The summed E-state index contributed by atoms with van der Waals surface area (Å²) in [5.41, 5.74) is 0.0304. The third-order valence-electron chi connectivity index (χ3n) is 2.95. The molecule has 0 spiro atoms. The van der Waals surface area contributed by atoms with E-state index in [0.717, 1.165) is 0 Å². The Bertz CT molecular complexity index is 572. The number of amides is 2. The predicted molar refractivity (Wildman–Crippen MR) is 80.2 cm³/mol. The van der Waals surface area contributed by atoms with Gasteiger partial charge in [-0.3, -0.25) is 9.59 Å². The van der Waals surface area contributed by atoms with Gasteiger partial charge in [-0.25, -0.2) is 4.79 Å². The van der Waals surface area contributed by atoms with Crippen molar-refractivity contribution in [2.45, 2.75) is 19.0 Å². The van der Waals surface area contributed by atoms with Crippen molar-refractivity contribution in [3.05, 3.63) is 17.5 Å². The van der Waals surface area contributed by atoms with Crippen molar-refractivity contribution in [1.82, 2.24) is 15.8 Å². The van der Waals surface area contributed by atoms with E-state index in [1.54, 1.807) is 6.92 Å². The van der Waals surface area contributed by atoms with Crippen LogP contribution in [0.3, 0.4) is 0 Å². The fourth-order valence-corrected chi connectivity index (χ4v) is 1.81. The minimum atomic E-state index is -1.04. The van der Waals surface area contributed by atoms with Gasteiger partial charge in [-0.05, 0) is 6.92 Å². The van der Waals surface area contributed by atoms with E-state index in [4.69, 9.17) is 14.0 Å². The second-order valence-corrected chi connectivity index (χ2v) is 4.84. The first-order valence-corrected chi connectivity index (χ1v) is 7.03. The molecular formula is C14H21N3O7. The smallest absolute Gasteiger partial charge is 0.330 e. The average molecular weight is 343 g/mol. The summed E-state index contributed by atoms with van der Waals surface area (Å²) in [6, 6.07) is -0.610. The van der Waals surface area contributed by atoms with E-state index in [0.29, 0.717) is 5.76 Å². The van der Waals surface area contributed by atoms with Crippen molar-refractivity contribution in [3.8, 4) is 0 Å². The van der Waals surface area contributed by atoms with Crippen LogP contribution in [0.5, 0.6) is 0 Å². The van der Waals surface area contributed by atoms with E-state index in [2.05, 4.69) is 20.5 Å². The second-order valence-electron chi connectivity index (χ2n) is 4.84. The van der Waals surface area contributed by atoms with E-state index >= 15 is 0 Å². The standard InChI is InChI=1S/C14H21N3O7/c1-8-5-9(17-24-8)12(18)15-10(6-21-2)13(19)16-11(7-22-3)14(20)23-4/h5,10-11H,6-7H2,1-4H3,(H,15,18)(H,16,19)/t10-,11-/m0/s1. The van der Waals surface area contributed by atoms with Crippen LogP contribution in [-0.4, -0.2) is 69.6 Å². The molecule has 10 heteroatoms. The molecule has 0 aliphatic heterocycles. The van der Waals surface area contributed by atoms with Crippen LogP contribution in [0.2, 0.25) is 0 Å². The molecule has 1 aromatic rings. The number of nitrogens with zero attached hydrogens (tertiary/aromatic N) is 1. The van der Waals surface area contributed by atoms with Crippen molar-refractivity contribution in [3.63, 3.8) is 0 Å². The Morgan fingerprint density at radius 3 is 2.25 bits per heavy atom. The molecule has 2 N–H and O–H groups in total. The van der Waals surface area contributed by atoms with Crippen LogP contribution in [0.25, 0.3) is 0 Å². The number of hydrogen-bond acceptors (Lipinski definition) is 8. The highest BCUT2D eigenvalue weighted by Gasteiger charge is 2.28. The van der Waals surface area contributed by atoms with Crippen LogP contribution in [0.1, 0.15) is 16.2 Å². The first-order chi connectivity index (χ1) is 11.4. The van der Waals surface area contributed by atoms with Gasteiger partial charge in [0.15, 0.2) is 11.7 Å². The molecule has 2 atom stereocenters. The molecule has 2 amide bonds. The largest absolute Gasteiger partial charge is 0.467 e. The van der Waals surface area contributed by atoms with Crippen LogP contribution in [-0.2, 0) is 23.8 Å². The van der Waals surface area contributed by atoms with Gasteiger partial charge in [0.25, 0.3) is 5.91 Å². The summed E-state index contributed by atoms with van der Waals surface area (Å²) in [5, 5.41) is 8.47. The third kappa shape index (κ3) is 5.63. The van der Waals surface area contributed by atoms with Gasteiger partial charge < -0.3 is 29.4 Å². The SMILES string of the molecule is COC[C@H](NC(=O)c1cc(C)on1)C(=O)N[C@@H](COC)C(=O)OC. The van der Waals surface area contributed by atoms with E-state index in [-0.39, 0.29) is 18.9 Å². The maximum atomic E-state index is 12.3. The number of carbonyl (C=O) groups is 3. The Kier molecular flexibility index (Phi) is 7.86. The molecule has 0 aliphatic rings. The summed E-state index contributed by atoms with van der Waals surface area (Å²) in [6.45, 7) is 1.46. The molecule has 1 aromatic heterocycles. The summed E-state index contributed by atoms with van der Waals surface area (Å²) in [5.74, 6) is -1.44. The lowest BCUT2D eigenvalue weighted by atomic mass is 10.2. The first-order valence-electron chi connectivity index (χ1n) is 7.03. The zero-order valence-electron chi connectivity index (χ0n) is 14.0. The molecule has 0 bridgehead atoms. The predicted octanol–water partition coefficient (Wildman–Crippen LogP) is -0.968. The molecule has 1 heterocycles. The highest BCUT2D eigenvalue weighted by molar-refractivity contribution is 5.96. The number of aryl methyl sites for hydroxylation is 1. The summed E-state index contributed by atoms with van der Waals surface area (Å²) in [6.07, 6.45) is 0. The Hall–Kier alpha value is -2.46. The zero-order valence-corrected chi connectivity index (χ0v) is 14.0. The van der Waals surface area contributed by atoms with Gasteiger partial charge in [-0.15, -0.1) is 0 Å². The Balaban J connectivity index is 2.76. The Labute approximate surface area is 138 Å². The molecule has 0 saturated carbocycles. The lowest BCUT2D eigenvalue weighted by Gasteiger charge is -2.21. The van der Waals surface area contributed by atoms with E-state index in [1.165, 1.54) is 27.4 Å². The molecule has 134 valence electrons. The normalized spacial score (nSPS) is 13.0. The van der Waals surface area contributed by atoms with Crippen LogP contribution in [0.15, 0.2) is 10.6 Å². The fraction of sp³-hybridized carbons (Fsp3) is 0.571. The van der Waals surface area contributed by atoms with Gasteiger partial charge in [-0.1, -0.05) is 5.16 Å². The fourth-order valence-electron chi connectivity index (χ4n) is 1.81. The molecule has 0 aliphatic carbocycles. The molecule has 0 radical (unpaired) electrons. The number of rotatable bonds is 9. The summed E-state index contributed by atoms with van der Waals surface area (Å²) < 4.78 is 19.2. The highest BCUT2D eigenvalue weighted by atomic mass is 16.5. The third-order valence-corrected chi connectivity index (χ3v) is 2.95. The lowest BCUT2D eigenvalue weighted by molar-refractivity contribution is -0.147. The number of aromatic nitrogens is 1. The Morgan fingerprint density at radius 1 is 1.12 bits per heavy atom. The van der Waals surface area contributed by atoms with Crippen LogP contribution in [0, 0.1) is 6.92 Å². The minimum Gasteiger partial charge on any atom is -0.467 e. The van der Waals surface area contributed by atoms with Gasteiger partial charge >= 0.3 is 5.97 Å². The van der Waals surface area contributed by atoms with Gasteiger partial charge in [0, 0.05) is 20.3 Å².